The summed E-state index contributed by atoms with van der Waals surface area (Å²) < 4.78 is 0. The van der Waals surface area contributed by atoms with Gasteiger partial charge in [0.1, 0.15) is 11.6 Å². The predicted octanol–water partition coefficient (Wildman–Crippen LogP) is 2.24. The van der Waals surface area contributed by atoms with Crippen molar-refractivity contribution in [3.63, 3.8) is 0 Å². The van der Waals surface area contributed by atoms with Crippen molar-refractivity contribution in [3.8, 4) is 0 Å². The minimum absolute atomic E-state index is 0.848. The molecule has 1 fully saturated rings. The van der Waals surface area contributed by atoms with Crippen LogP contribution in [0, 0.1) is 12.8 Å². The zero-order valence-corrected chi connectivity index (χ0v) is 8.21. The van der Waals surface area contributed by atoms with Crippen molar-refractivity contribution in [2.75, 3.05) is 0 Å². The third-order valence-corrected chi connectivity index (χ3v) is 2.85. The second-order valence-electron chi connectivity index (χ2n) is 4.07. The van der Waals surface area contributed by atoms with Gasteiger partial charge in [0.15, 0.2) is 0 Å². The Labute approximate surface area is 79.0 Å². The number of rotatable bonds is 2. The second-order valence-corrected chi connectivity index (χ2v) is 4.07. The second kappa shape index (κ2) is 3.90. The summed E-state index contributed by atoms with van der Waals surface area (Å²) in [5.74, 6) is 2.86. The van der Waals surface area contributed by atoms with E-state index >= 15 is 0 Å². The van der Waals surface area contributed by atoms with E-state index < -0.39 is 0 Å². The predicted molar refractivity (Wildman–Crippen MR) is 51.4 cm³/mol. The first-order valence-corrected chi connectivity index (χ1v) is 5.23. The first-order valence-electron chi connectivity index (χ1n) is 5.23. The van der Waals surface area contributed by atoms with Crippen LogP contribution in [0.15, 0.2) is 0 Å². The quantitative estimate of drug-likeness (QED) is 0.756. The largest absolute Gasteiger partial charge is 0.329 e. The Bertz CT molecular complexity index is 261. The molecule has 0 bridgehead atoms. The first-order chi connectivity index (χ1) is 6.34. The van der Waals surface area contributed by atoms with E-state index in [0.717, 1.165) is 24.0 Å². The lowest BCUT2D eigenvalue weighted by atomic mass is 9.87. The fourth-order valence-electron chi connectivity index (χ4n) is 2.15. The topological polar surface area (TPSA) is 41.6 Å². The van der Waals surface area contributed by atoms with E-state index in [0.29, 0.717) is 0 Å². The van der Waals surface area contributed by atoms with Gasteiger partial charge < -0.3 is 4.98 Å². The van der Waals surface area contributed by atoms with Crippen molar-refractivity contribution in [1.82, 2.24) is 15.2 Å². The molecule has 0 radical (unpaired) electrons. The highest BCUT2D eigenvalue weighted by Crippen LogP contribution is 2.25. The van der Waals surface area contributed by atoms with Crippen LogP contribution in [0.5, 0.6) is 0 Å². The lowest BCUT2D eigenvalue weighted by molar-refractivity contribution is 0.352. The normalized spacial score (nSPS) is 19.2. The maximum absolute atomic E-state index is 4.10. The van der Waals surface area contributed by atoms with Crippen LogP contribution in [0.25, 0.3) is 0 Å². The van der Waals surface area contributed by atoms with Crippen molar-refractivity contribution >= 4 is 0 Å². The molecule has 0 aromatic carbocycles. The van der Waals surface area contributed by atoms with Crippen molar-refractivity contribution in [1.29, 1.82) is 0 Å². The molecule has 1 heterocycles. The van der Waals surface area contributed by atoms with E-state index in [9.17, 15) is 0 Å². The Morgan fingerprint density at radius 2 is 2.00 bits per heavy atom. The Morgan fingerprint density at radius 3 is 2.62 bits per heavy atom. The summed E-state index contributed by atoms with van der Waals surface area (Å²) in [5, 5.41) is 8.08. The van der Waals surface area contributed by atoms with Gasteiger partial charge in [0, 0.05) is 6.42 Å². The van der Waals surface area contributed by atoms with Gasteiger partial charge in [-0.2, -0.15) is 0 Å². The molecular weight excluding hydrogens is 162 g/mol. The zero-order chi connectivity index (χ0) is 9.10. The Hall–Kier alpha value is -0.860. The van der Waals surface area contributed by atoms with E-state index in [2.05, 4.69) is 15.2 Å². The fourth-order valence-corrected chi connectivity index (χ4v) is 2.15. The highest BCUT2D eigenvalue weighted by Gasteiger charge is 2.15. The molecule has 1 saturated carbocycles. The van der Waals surface area contributed by atoms with Gasteiger partial charge in [-0.3, -0.25) is 0 Å². The molecule has 1 aliphatic carbocycles. The molecule has 0 atom stereocenters. The van der Waals surface area contributed by atoms with Crippen LogP contribution in [0.2, 0.25) is 0 Å². The van der Waals surface area contributed by atoms with Crippen LogP contribution in [-0.4, -0.2) is 15.2 Å². The summed E-state index contributed by atoms with van der Waals surface area (Å²) in [6.45, 7) is 1.96. The third-order valence-electron chi connectivity index (χ3n) is 2.85. The number of aromatic nitrogens is 3. The number of aryl methyl sites for hydroxylation is 1. The summed E-state index contributed by atoms with van der Waals surface area (Å²) in [6.07, 6.45) is 8.07. The van der Waals surface area contributed by atoms with E-state index in [4.69, 9.17) is 0 Å². The summed E-state index contributed by atoms with van der Waals surface area (Å²) in [7, 11) is 0. The summed E-state index contributed by atoms with van der Waals surface area (Å²) in [5.41, 5.74) is 0. The van der Waals surface area contributed by atoms with Crippen LogP contribution in [0.4, 0.5) is 0 Å². The molecule has 13 heavy (non-hydrogen) atoms. The lowest BCUT2D eigenvalue weighted by Gasteiger charge is -2.19. The van der Waals surface area contributed by atoms with Crippen molar-refractivity contribution in [3.05, 3.63) is 11.6 Å². The van der Waals surface area contributed by atoms with E-state index in [-0.39, 0.29) is 0 Å². The van der Waals surface area contributed by atoms with Gasteiger partial charge in [-0.1, -0.05) is 32.1 Å². The number of nitrogens with one attached hydrogen (secondary N) is 1. The van der Waals surface area contributed by atoms with Gasteiger partial charge >= 0.3 is 0 Å². The van der Waals surface area contributed by atoms with Gasteiger partial charge in [0.2, 0.25) is 0 Å². The van der Waals surface area contributed by atoms with E-state index in [1.165, 1.54) is 32.1 Å². The highest BCUT2D eigenvalue weighted by atomic mass is 15.2. The summed E-state index contributed by atoms with van der Waals surface area (Å²) in [4.78, 5) is 3.20. The van der Waals surface area contributed by atoms with Crippen molar-refractivity contribution in [2.24, 2.45) is 5.92 Å². The Balaban J connectivity index is 1.89. The van der Waals surface area contributed by atoms with Crippen LogP contribution in [-0.2, 0) is 6.42 Å². The molecule has 0 saturated heterocycles. The van der Waals surface area contributed by atoms with Crippen LogP contribution in [0.3, 0.4) is 0 Å². The Morgan fingerprint density at radius 1 is 1.23 bits per heavy atom. The average Bonchev–Trinajstić information content (AvgIpc) is 2.53. The third kappa shape index (κ3) is 2.29. The number of aromatic amines is 1. The Kier molecular flexibility index (Phi) is 2.62. The van der Waals surface area contributed by atoms with Gasteiger partial charge in [-0.25, -0.2) is 0 Å². The van der Waals surface area contributed by atoms with Crippen LogP contribution >= 0.6 is 0 Å². The molecule has 0 unspecified atom stereocenters. The molecule has 1 N–H and O–H groups in total. The SMILES string of the molecule is Cc1nnc(CC2CCCCC2)[nH]1. The van der Waals surface area contributed by atoms with Crippen molar-refractivity contribution in [2.45, 2.75) is 45.4 Å². The molecule has 1 aliphatic rings. The molecule has 3 nitrogen and oxygen atoms in total. The summed E-state index contributed by atoms with van der Waals surface area (Å²) >= 11 is 0. The van der Waals surface area contributed by atoms with Crippen LogP contribution < -0.4 is 0 Å². The van der Waals surface area contributed by atoms with Gasteiger partial charge in [-0.15, -0.1) is 10.2 Å². The number of hydrogen-bond donors (Lipinski definition) is 1. The van der Waals surface area contributed by atoms with Gasteiger partial charge in [0.25, 0.3) is 0 Å². The minimum Gasteiger partial charge on any atom is -0.329 e. The molecule has 2 rings (SSSR count). The van der Waals surface area contributed by atoms with E-state index in [1.807, 2.05) is 6.92 Å². The number of hydrogen-bond acceptors (Lipinski definition) is 2. The molecule has 72 valence electrons. The minimum atomic E-state index is 0.848. The van der Waals surface area contributed by atoms with E-state index in [1.54, 1.807) is 0 Å². The first kappa shape index (κ1) is 8.73. The van der Waals surface area contributed by atoms with Crippen LogP contribution in [0.1, 0.15) is 43.8 Å². The number of nitrogens with zero attached hydrogens (tertiary/aromatic N) is 2. The fraction of sp³-hybridized carbons (Fsp3) is 0.800. The number of H-pyrrole nitrogens is 1. The maximum Gasteiger partial charge on any atom is 0.130 e. The monoisotopic (exact) mass is 179 g/mol. The molecule has 0 amide bonds. The molecular formula is C10H17N3. The zero-order valence-electron chi connectivity index (χ0n) is 8.21. The highest BCUT2D eigenvalue weighted by molar-refractivity contribution is 4.90. The molecule has 1 aromatic rings. The van der Waals surface area contributed by atoms with Gasteiger partial charge in [-0.05, 0) is 12.8 Å². The standard InChI is InChI=1S/C10H17N3/c1-8-11-10(13-12-8)7-9-5-3-2-4-6-9/h9H,2-7H2,1H3,(H,11,12,13). The maximum atomic E-state index is 4.10. The van der Waals surface area contributed by atoms with Crippen molar-refractivity contribution < 1.29 is 0 Å². The average molecular weight is 179 g/mol. The summed E-state index contributed by atoms with van der Waals surface area (Å²) in [6, 6.07) is 0. The smallest absolute Gasteiger partial charge is 0.130 e. The molecule has 0 aliphatic heterocycles. The molecule has 1 aromatic heterocycles. The molecule has 3 heteroatoms. The molecule has 0 spiro atoms. The van der Waals surface area contributed by atoms with Gasteiger partial charge in [0.05, 0.1) is 0 Å². The lowest BCUT2D eigenvalue weighted by Crippen LogP contribution is -2.10.